The lowest BCUT2D eigenvalue weighted by atomic mass is 10.3. The summed E-state index contributed by atoms with van der Waals surface area (Å²) >= 11 is 3.35. The van der Waals surface area contributed by atoms with Crippen molar-refractivity contribution in [2.24, 2.45) is 10.9 Å². The monoisotopic (exact) mass is 322 g/mol. The van der Waals surface area contributed by atoms with Gasteiger partial charge in [-0.2, -0.15) is 4.98 Å². The summed E-state index contributed by atoms with van der Waals surface area (Å²) in [5.74, 6) is 0.495. The lowest BCUT2D eigenvalue weighted by Crippen LogP contribution is -2.16. The minimum atomic E-state index is -0.0930. The summed E-state index contributed by atoms with van der Waals surface area (Å²) in [5.41, 5.74) is 6.46. The van der Waals surface area contributed by atoms with Crippen LogP contribution in [0.5, 0.6) is 11.8 Å². The molecular formula is C12H11BrN4O2. The third-order valence-electron chi connectivity index (χ3n) is 2.21. The number of hydrogen-bond acceptors (Lipinski definition) is 5. The zero-order chi connectivity index (χ0) is 13.8. The van der Waals surface area contributed by atoms with Gasteiger partial charge in [-0.05, 0) is 31.2 Å². The van der Waals surface area contributed by atoms with Crippen molar-refractivity contribution in [2.75, 3.05) is 0 Å². The van der Waals surface area contributed by atoms with Crippen LogP contribution in [0.4, 0.5) is 0 Å². The number of nitrogens with two attached hydrogens (primary N) is 1. The van der Waals surface area contributed by atoms with Gasteiger partial charge in [-0.25, -0.2) is 4.98 Å². The molecule has 0 unspecified atom stereocenters. The molecule has 1 aromatic carbocycles. The molecule has 0 aliphatic rings. The highest BCUT2D eigenvalue weighted by Gasteiger charge is 2.08. The van der Waals surface area contributed by atoms with E-state index in [-0.39, 0.29) is 11.8 Å². The lowest BCUT2D eigenvalue weighted by Gasteiger charge is -2.06. The number of hydrogen-bond donors (Lipinski definition) is 2. The molecular weight excluding hydrogens is 312 g/mol. The van der Waals surface area contributed by atoms with Crippen molar-refractivity contribution < 1.29 is 9.94 Å². The zero-order valence-electron chi connectivity index (χ0n) is 10.0. The number of halogens is 1. The second kappa shape index (κ2) is 5.66. The number of benzene rings is 1. The molecule has 7 heteroatoms. The number of ether oxygens (including phenoxy) is 1. The highest BCUT2D eigenvalue weighted by atomic mass is 79.9. The molecule has 0 spiro atoms. The number of rotatable bonds is 3. The fourth-order valence-corrected chi connectivity index (χ4v) is 1.78. The Balaban J connectivity index is 2.33. The van der Waals surface area contributed by atoms with Crippen LogP contribution in [0.2, 0.25) is 0 Å². The highest BCUT2D eigenvalue weighted by Crippen LogP contribution is 2.22. The Hall–Kier alpha value is -2.15. The van der Waals surface area contributed by atoms with E-state index < -0.39 is 0 Å². The molecule has 0 saturated heterocycles. The maximum absolute atomic E-state index is 8.65. The van der Waals surface area contributed by atoms with Gasteiger partial charge in [0.1, 0.15) is 11.4 Å². The summed E-state index contributed by atoms with van der Waals surface area (Å²) in [5, 5.41) is 11.6. The first-order valence-corrected chi connectivity index (χ1v) is 6.15. The summed E-state index contributed by atoms with van der Waals surface area (Å²) in [4.78, 5) is 8.20. The molecule has 2 rings (SSSR count). The van der Waals surface area contributed by atoms with Crippen LogP contribution in [0.3, 0.4) is 0 Å². The molecule has 0 radical (unpaired) electrons. The summed E-state index contributed by atoms with van der Waals surface area (Å²) in [6.45, 7) is 1.77. The Kier molecular flexibility index (Phi) is 3.96. The number of amidine groups is 1. The van der Waals surface area contributed by atoms with Gasteiger partial charge in [0.15, 0.2) is 5.84 Å². The van der Waals surface area contributed by atoms with Crippen molar-refractivity contribution in [3.63, 3.8) is 0 Å². The average molecular weight is 323 g/mol. The van der Waals surface area contributed by atoms with Gasteiger partial charge in [-0.15, -0.1) is 0 Å². The Labute approximate surface area is 118 Å². The zero-order valence-corrected chi connectivity index (χ0v) is 11.6. The number of aromatic nitrogens is 2. The number of nitrogens with zero attached hydrogens (tertiary/aromatic N) is 3. The molecule has 1 heterocycles. The van der Waals surface area contributed by atoms with E-state index in [4.69, 9.17) is 15.7 Å². The molecule has 2 aromatic rings. The van der Waals surface area contributed by atoms with E-state index in [0.717, 1.165) is 4.47 Å². The Morgan fingerprint density at radius 2 is 2.16 bits per heavy atom. The first kappa shape index (κ1) is 13.3. The van der Waals surface area contributed by atoms with Gasteiger partial charge in [-0.3, -0.25) is 0 Å². The molecule has 0 saturated carbocycles. The van der Waals surface area contributed by atoms with Gasteiger partial charge in [0, 0.05) is 10.2 Å². The molecule has 0 fully saturated rings. The molecule has 0 aliphatic carbocycles. The molecule has 0 atom stereocenters. The van der Waals surface area contributed by atoms with E-state index in [9.17, 15) is 0 Å². The lowest BCUT2D eigenvalue weighted by molar-refractivity contribution is 0.318. The quantitative estimate of drug-likeness (QED) is 0.392. The van der Waals surface area contributed by atoms with Crippen molar-refractivity contribution in [3.8, 4) is 11.8 Å². The molecule has 0 aliphatic heterocycles. The topological polar surface area (TPSA) is 93.6 Å². The van der Waals surface area contributed by atoms with Crippen LogP contribution in [0.15, 0.2) is 40.0 Å². The maximum Gasteiger partial charge on any atom is 0.322 e. The predicted octanol–water partition coefficient (Wildman–Crippen LogP) is 2.43. The SMILES string of the molecule is Cc1cc(/C(N)=N/O)nc(Oc2cccc(Br)c2)n1. The van der Waals surface area contributed by atoms with Crippen LogP contribution in [-0.2, 0) is 0 Å². The normalized spacial score (nSPS) is 11.4. The van der Waals surface area contributed by atoms with Crippen LogP contribution in [0.1, 0.15) is 11.4 Å². The van der Waals surface area contributed by atoms with Crippen molar-refractivity contribution >= 4 is 21.8 Å². The molecule has 98 valence electrons. The molecule has 0 bridgehead atoms. The average Bonchev–Trinajstić information content (AvgIpc) is 2.37. The summed E-state index contributed by atoms with van der Waals surface area (Å²) in [7, 11) is 0. The van der Waals surface area contributed by atoms with Gasteiger partial charge in [0.05, 0.1) is 0 Å². The van der Waals surface area contributed by atoms with E-state index in [0.29, 0.717) is 17.1 Å². The Bertz CT molecular complexity index is 631. The van der Waals surface area contributed by atoms with E-state index >= 15 is 0 Å². The van der Waals surface area contributed by atoms with Crippen LogP contribution in [-0.4, -0.2) is 21.0 Å². The predicted molar refractivity (Wildman–Crippen MR) is 73.5 cm³/mol. The van der Waals surface area contributed by atoms with Crippen LogP contribution in [0, 0.1) is 6.92 Å². The molecule has 3 N–H and O–H groups in total. The second-order valence-electron chi connectivity index (χ2n) is 3.72. The van der Waals surface area contributed by atoms with Crippen molar-refractivity contribution in [1.82, 2.24) is 9.97 Å². The van der Waals surface area contributed by atoms with E-state index in [1.807, 2.05) is 12.1 Å². The van der Waals surface area contributed by atoms with E-state index in [2.05, 4.69) is 31.1 Å². The first-order valence-electron chi connectivity index (χ1n) is 5.35. The molecule has 6 nitrogen and oxygen atoms in total. The summed E-state index contributed by atoms with van der Waals surface area (Å²) < 4.78 is 6.41. The van der Waals surface area contributed by atoms with Gasteiger partial charge >= 0.3 is 6.01 Å². The van der Waals surface area contributed by atoms with Crippen molar-refractivity contribution in [1.29, 1.82) is 0 Å². The molecule has 1 aromatic heterocycles. The highest BCUT2D eigenvalue weighted by molar-refractivity contribution is 9.10. The number of aryl methyl sites for hydroxylation is 1. The minimum absolute atomic E-state index is 0.0930. The van der Waals surface area contributed by atoms with Gasteiger partial charge in [0.2, 0.25) is 0 Å². The summed E-state index contributed by atoms with van der Waals surface area (Å²) in [6.07, 6.45) is 0. The standard InChI is InChI=1S/C12H11BrN4O2/c1-7-5-10(11(14)17-18)16-12(15-7)19-9-4-2-3-8(13)6-9/h2-6,18H,1H3,(H2,14,17). The minimum Gasteiger partial charge on any atom is -0.424 e. The van der Waals surface area contributed by atoms with Gasteiger partial charge in [-0.1, -0.05) is 27.2 Å². The van der Waals surface area contributed by atoms with Crippen LogP contribution in [0.25, 0.3) is 0 Å². The fourth-order valence-electron chi connectivity index (χ4n) is 1.41. The van der Waals surface area contributed by atoms with Gasteiger partial charge in [0.25, 0.3) is 0 Å². The smallest absolute Gasteiger partial charge is 0.322 e. The van der Waals surface area contributed by atoms with E-state index in [1.54, 1.807) is 25.1 Å². The third kappa shape index (κ3) is 3.41. The van der Waals surface area contributed by atoms with E-state index in [1.165, 1.54) is 0 Å². The van der Waals surface area contributed by atoms with Crippen molar-refractivity contribution in [2.45, 2.75) is 6.92 Å². The molecule has 0 amide bonds. The molecule has 19 heavy (non-hydrogen) atoms. The fraction of sp³-hybridized carbons (Fsp3) is 0.0833. The van der Waals surface area contributed by atoms with Crippen LogP contribution >= 0.6 is 15.9 Å². The number of oxime groups is 1. The summed E-state index contributed by atoms with van der Waals surface area (Å²) in [6, 6.07) is 9.02. The Morgan fingerprint density at radius 1 is 1.37 bits per heavy atom. The van der Waals surface area contributed by atoms with Crippen molar-refractivity contribution in [3.05, 3.63) is 46.2 Å². The van der Waals surface area contributed by atoms with Crippen LogP contribution < -0.4 is 10.5 Å². The second-order valence-corrected chi connectivity index (χ2v) is 4.64. The third-order valence-corrected chi connectivity index (χ3v) is 2.70. The Morgan fingerprint density at radius 3 is 2.84 bits per heavy atom. The maximum atomic E-state index is 8.65. The first-order chi connectivity index (χ1) is 9.08. The largest absolute Gasteiger partial charge is 0.424 e. The van der Waals surface area contributed by atoms with Gasteiger partial charge < -0.3 is 15.7 Å².